The summed E-state index contributed by atoms with van der Waals surface area (Å²) in [6, 6.07) is 6.23. The average molecular weight is 353 g/mol. The van der Waals surface area contributed by atoms with Gasteiger partial charge in [-0.3, -0.25) is 4.68 Å². The molecule has 0 atom stereocenters. The van der Waals surface area contributed by atoms with Gasteiger partial charge in [0.05, 0.1) is 17.9 Å². The van der Waals surface area contributed by atoms with Crippen LogP contribution in [0.4, 0.5) is 10.1 Å². The van der Waals surface area contributed by atoms with E-state index in [9.17, 15) is 4.39 Å². The molecule has 2 aromatic heterocycles. The van der Waals surface area contributed by atoms with Crippen molar-refractivity contribution in [1.82, 2.24) is 14.8 Å². The Kier molecular flexibility index (Phi) is 4.78. The summed E-state index contributed by atoms with van der Waals surface area (Å²) in [7, 11) is 1.84. The summed E-state index contributed by atoms with van der Waals surface area (Å²) < 4.78 is 21.4. The molecule has 0 amide bonds. The van der Waals surface area contributed by atoms with Crippen molar-refractivity contribution in [3.63, 3.8) is 0 Å². The van der Waals surface area contributed by atoms with Crippen LogP contribution in [-0.4, -0.2) is 14.8 Å². The minimum absolute atomic E-state index is 0.313. The number of aryl methyl sites for hydroxylation is 1. The minimum Gasteiger partial charge on any atom is -0.485 e. The van der Waals surface area contributed by atoms with Crippen molar-refractivity contribution in [2.75, 3.05) is 5.32 Å². The van der Waals surface area contributed by atoms with Crippen LogP contribution in [0.3, 0.4) is 0 Å². The highest BCUT2D eigenvalue weighted by atomic mass is 35.5. The first kappa shape index (κ1) is 15.8. The first-order chi connectivity index (χ1) is 11.1. The molecule has 0 saturated heterocycles. The molecule has 120 valence electrons. The molecule has 8 heteroatoms. The van der Waals surface area contributed by atoms with E-state index in [4.69, 9.17) is 16.3 Å². The Labute approximate surface area is 141 Å². The quantitative estimate of drug-likeness (QED) is 0.732. The van der Waals surface area contributed by atoms with Crippen LogP contribution < -0.4 is 10.1 Å². The molecule has 0 bridgehead atoms. The van der Waals surface area contributed by atoms with Crippen molar-refractivity contribution in [1.29, 1.82) is 0 Å². The van der Waals surface area contributed by atoms with E-state index in [2.05, 4.69) is 15.4 Å². The summed E-state index contributed by atoms with van der Waals surface area (Å²) in [5, 5.41) is 7.39. The van der Waals surface area contributed by atoms with Crippen LogP contribution >= 0.6 is 22.9 Å². The van der Waals surface area contributed by atoms with Gasteiger partial charge in [0.15, 0.2) is 4.47 Å². The highest BCUT2D eigenvalue weighted by Crippen LogP contribution is 2.27. The zero-order chi connectivity index (χ0) is 16.2. The third-order valence-electron chi connectivity index (χ3n) is 3.06. The molecule has 0 fully saturated rings. The first-order valence-electron chi connectivity index (χ1n) is 6.85. The van der Waals surface area contributed by atoms with Gasteiger partial charge in [-0.2, -0.15) is 5.10 Å². The number of rotatable bonds is 6. The van der Waals surface area contributed by atoms with Gasteiger partial charge >= 0.3 is 0 Å². The van der Waals surface area contributed by atoms with Crippen LogP contribution in [0.5, 0.6) is 5.75 Å². The summed E-state index contributed by atoms with van der Waals surface area (Å²) in [5.74, 6) is 0.229. The minimum atomic E-state index is -0.333. The van der Waals surface area contributed by atoms with E-state index in [1.165, 1.54) is 23.5 Å². The van der Waals surface area contributed by atoms with Crippen LogP contribution in [0.2, 0.25) is 4.47 Å². The van der Waals surface area contributed by atoms with Crippen molar-refractivity contribution in [3.05, 3.63) is 57.5 Å². The fraction of sp³-hybridized carbons (Fsp3) is 0.200. The zero-order valence-electron chi connectivity index (χ0n) is 12.3. The smallest absolute Gasteiger partial charge is 0.183 e. The maximum Gasteiger partial charge on any atom is 0.183 e. The molecule has 3 aromatic rings. The molecule has 0 radical (unpaired) electrons. The fourth-order valence-corrected chi connectivity index (χ4v) is 2.92. The van der Waals surface area contributed by atoms with E-state index >= 15 is 0 Å². The first-order valence-corrected chi connectivity index (χ1v) is 8.04. The maximum absolute atomic E-state index is 13.5. The molecule has 0 aliphatic carbocycles. The van der Waals surface area contributed by atoms with Gasteiger partial charge in [-0.05, 0) is 18.2 Å². The number of thiazole rings is 1. The number of anilines is 1. The zero-order valence-corrected chi connectivity index (χ0v) is 13.9. The Bertz CT molecular complexity index is 804. The Morgan fingerprint density at radius 1 is 1.39 bits per heavy atom. The SMILES string of the molecule is Cn1ccc(COc2ccc(F)cc2NCc2cnc(Cl)s2)n1. The molecule has 3 rings (SSSR count). The number of nitrogens with one attached hydrogen (secondary N) is 1. The topological polar surface area (TPSA) is 52.0 Å². The lowest BCUT2D eigenvalue weighted by Gasteiger charge is -2.12. The molecular formula is C15H14ClFN4OS. The molecule has 0 spiro atoms. The molecule has 0 saturated carbocycles. The molecule has 0 aliphatic rings. The molecule has 2 heterocycles. The Hall–Kier alpha value is -2.12. The predicted molar refractivity (Wildman–Crippen MR) is 88.4 cm³/mol. The molecule has 5 nitrogen and oxygen atoms in total. The molecule has 1 aromatic carbocycles. The Morgan fingerprint density at radius 2 is 2.26 bits per heavy atom. The van der Waals surface area contributed by atoms with Crippen LogP contribution in [-0.2, 0) is 20.2 Å². The number of benzene rings is 1. The van der Waals surface area contributed by atoms with E-state index in [0.717, 1.165) is 10.6 Å². The monoisotopic (exact) mass is 352 g/mol. The molecule has 0 unspecified atom stereocenters. The third kappa shape index (κ3) is 4.20. The van der Waals surface area contributed by atoms with Gasteiger partial charge in [0.2, 0.25) is 0 Å². The van der Waals surface area contributed by atoms with Gasteiger partial charge in [0.25, 0.3) is 0 Å². The highest BCUT2D eigenvalue weighted by molar-refractivity contribution is 7.15. The number of nitrogens with zero attached hydrogens (tertiary/aromatic N) is 3. The Morgan fingerprint density at radius 3 is 2.96 bits per heavy atom. The summed E-state index contributed by atoms with van der Waals surface area (Å²) in [5.41, 5.74) is 1.38. The lowest BCUT2D eigenvalue weighted by atomic mass is 10.2. The summed E-state index contributed by atoms with van der Waals surface area (Å²) in [4.78, 5) is 4.93. The van der Waals surface area contributed by atoms with Gasteiger partial charge < -0.3 is 10.1 Å². The summed E-state index contributed by atoms with van der Waals surface area (Å²) in [6.07, 6.45) is 3.53. The molecular weight excluding hydrogens is 339 g/mol. The van der Waals surface area contributed by atoms with Crippen molar-refractivity contribution >= 4 is 28.6 Å². The summed E-state index contributed by atoms with van der Waals surface area (Å²) in [6.45, 7) is 0.807. The third-order valence-corrected chi connectivity index (χ3v) is 4.18. The van der Waals surface area contributed by atoms with E-state index in [1.807, 2.05) is 19.3 Å². The van der Waals surface area contributed by atoms with E-state index in [-0.39, 0.29) is 5.82 Å². The number of hydrogen-bond donors (Lipinski definition) is 1. The lowest BCUT2D eigenvalue weighted by Crippen LogP contribution is -2.03. The average Bonchev–Trinajstić information content (AvgIpc) is 3.12. The van der Waals surface area contributed by atoms with E-state index < -0.39 is 0 Å². The van der Waals surface area contributed by atoms with Crippen LogP contribution in [0, 0.1) is 5.82 Å². The second-order valence-corrected chi connectivity index (χ2v) is 6.54. The van der Waals surface area contributed by atoms with Crippen molar-refractivity contribution in [3.8, 4) is 5.75 Å². The number of halogens is 2. The largest absolute Gasteiger partial charge is 0.485 e. The second-order valence-electron chi connectivity index (χ2n) is 4.84. The van der Waals surface area contributed by atoms with Crippen molar-refractivity contribution < 1.29 is 9.13 Å². The standard InChI is InChI=1S/C15H14ClFN4OS/c1-21-5-4-11(20-21)9-22-14-3-2-10(17)6-13(14)18-7-12-8-19-15(16)23-12/h2-6,8,18H,7,9H2,1H3. The highest BCUT2D eigenvalue weighted by Gasteiger charge is 2.08. The van der Waals surface area contributed by atoms with Gasteiger partial charge in [0.1, 0.15) is 18.2 Å². The van der Waals surface area contributed by atoms with Crippen molar-refractivity contribution in [2.45, 2.75) is 13.2 Å². The fourth-order valence-electron chi connectivity index (χ4n) is 2.01. The van der Waals surface area contributed by atoms with E-state index in [0.29, 0.717) is 29.1 Å². The predicted octanol–water partition coefficient (Wildman–Crippen LogP) is 3.86. The van der Waals surface area contributed by atoms with Gasteiger partial charge in [-0.1, -0.05) is 11.6 Å². The van der Waals surface area contributed by atoms with Crippen molar-refractivity contribution in [2.24, 2.45) is 7.05 Å². The van der Waals surface area contributed by atoms with Crippen LogP contribution in [0.1, 0.15) is 10.6 Å². The van der Waals surface area contributed by atoms with E-state index in [1.54, 1.807) is 16.9 Å². The van der Waals surface area contributed by atoms with Crippen LogP contribution in [0.15, 0.2) is 36.7 Å². The van der Waals surface area contributed by atoms with Crippen LogP contribution in [0.25, 0.3) is 0 Å². The number of hydrogen-bond acceptors (Lipinski definition) is 5. The number of ether oxygens (including phenoxy) is 1. The Balaban J connectivity index is 1.69. The van der Waals surface area contributed by atoms with Gasteiger partial charge in [-0.25, -0.2) is 9.37 Å². The molecule has 0 aliphatic heterocycles. The molecule has 1 N–H and O–H groups in total. The lowest BCUT2D eigenvalue weighted by molar-refractivity contribution is 0.301. The molecule has 23 heavy (non-hydrogen) atoms. The second kappa shape index (κ2) is 6.97. The van der Waals surface area contributed by atoms with Gasteiger partial charge in [-0.15, -0.1) is 11.3 Å². The maximum atomic E-state index is 13.5. The number of aromatic nitrogens is 3. The normalized spacial score (nSPS) is 10.7. The van der Waals surface area contributed by atoms with Gasteiger partial charge in [0, 0.05) is 30.4 Å². The summed E-state index contributed by atoms with van der Waals surface area (Å²) >= 11 is 7.18.